The second-order valence-electron chi connectivity index (χ2n) is 2.69. The highest BCUT2D eigenvalue weighted by atomic mass is 79.9. The van der Waals surface area contributed by atoms with Crippen molar-refractivity contribution in [1.29, 1.82) is 0 Å². The summed E-state index contributed by atoms with van der Waals surface area (Å²) in [6, 6.07) is 1.93. The smallest absolute Gasteiger partial charge is 0.405 e. The van der Waals surface area contributed by atoms with E-state index in [1.807, 2.05) is 0 Å². The molecular weight excluding hydrogens is 314 g/mol. The fourth-order valence-electron chi connectivity index (χ4n) is 0.934. The van der Waals surface area contributed by atoms with Crippen molar-refractivity contribution in [3.05, 3.63) is 22.2 Å². The van der Waals surface area contributed by atoms with Gasteiger partial charge in [-0.25, -0.2) is 0 Å². The van der Waals surface area contributed by atoms with Crippen molar-refractivity contribution in [3.63, 3.8) is 0 Å². The van der Waals surface area contributed by atoms with Gasteiger partial charge in [0.1, 0.15) is 5.75 Å². The topological polar surface area (TPSA) is 52.3 Å². The number of benzene rings is 1. The maximum Gasteiger partial charge on any atom is 0.573 e. The van der Waals surface area contributed by atoms with Gasteiger partial charge in [0.25, 0.3) is 5.24 Å². The average molecular weight is 318 g/mol. The van der Waals surface area contributed by atoms with Crippen molar-refractivity contribution >= 4 is 38.5 Å². The molecule has 0 aliphatic rings. The number of nitrogens with two attached hydrogens (primary N) is 1. The Bertz CT molecular complexity index is 436. The summed E-state index contributed by atoms with van der Waals surface area (Å²) < 4.78 is 39.8. The van der Waals surface area contributed by atoms with Gasteiger partial charge < -0.3 is 10.5 Å². The molecule has 0 saturated carbocycles. The number of hydrogen-bond acceptors (Lipinski definition) is 3. The van der Waals surface area contributed by atoms with E-state index < -0.39 is 22.9 Å². The zero-order valence-corrected chi connectivity index (χ0v) is 9.78. The molecule has 1 rings (SSSR count). The van der Waals surface area contributed by atoms with E-state index in [9.17, 15) is 18.0 Å². The van der Waals surface area contributed by atoms with Gasteiger partial charge in [0, 0.05) is 10.2 Å². The first-order valence-corrected chi connectivity index (χ1v) is 4.92. The molecule has 0 fully saturated rings. The van der Waals surface area contributed by atoms with Gasteiger partial charge in [-0.05, 0) is 39.7 Å². The molecule has 0 bridgehead atoms. The molecule has 2 N–H and O–H groups in total. The third-order valence-corrected chi connectivity index (χ3v) is 2.43. The second-order valence-corrected chi connectivity index (χ2v) is 3.89. The predicted octanol–water partition coefficient (Wildman–Crippen LogP) is 3.31. The van der Waals surface area contributed by atoms with Crippen molar-refractivity contribution in [3.8, 4) is 5.75 Å². The summed E-state index contributed by atoms with van der Waals surface area (Å²) in [5, 5.41) is -1.08. The molecule has 0 aromatic heterocycles. The Morgan fingerprint density at radius 3 is 2.44 bits per heavy atom. The maximum absolute atomic E-state index is 12.0. The van der Waals surface area contributed by atoms with Crippen molar-refractivity contribution < 1.29 is 22.7 Å². The van der Waals surface area contributed by atoms with E-state index in [0.717, 1.165) is 12.1 Å². The van der Waals surface area contributed by atoms with E-state index in [0.29, 0.717) is 0 Å². The summed E-state index contributed by atoms with van der Waals surface area (Å²) in [6.45, 7) is 0. The first-order valence-electron chi connectivity index (χ1n) is 3.75. The Hall–Kier alpha value is -0.950. The Labute approximate surface area is 101 Å². The lowest BCUT2D eigenvalue weighted by molar-refractivity contribution is -0.274. The van der Waals surface area contributed by atoms with Crippen LogP contribution in [0.2, 0.25) is 0 Å². The lowest BCUT2D eigenvalue weighted by atomic mass is 10.2. The van der Waals surface area contributed by atoms with E-state index in [1.54, 1.807) is 0 Å². The predicted molar refractivity (Wildman–Crippen MR) is 55.4 cm³/mol. The van der Waals surface area contributed by atoms with Gasteiger partial charge in [0.15, 0.2) is 0 Å². The van der Waals surface area contributed by atoms with Gasteiger partial charge in [-0.1, -0.05) is 0 Å². The van der Waals surface area contributed by atoms with E-state index in [1.165, 1.54) is 0 Å². The van der Waals surface area contributed by atoms with Gasteiger partial charge in [0.2, 0.25) is 0 Å². The van der Waals surface area contributed by atoms with Crippen molar-refractivity contribution in [1.82, 2.24) is 0 Å². The summed E-state index contributed by atoms with van der Waals surface area (Å²) in [4.78, 5) is 10.9. The molecule has 0 atom stereocenters. The van der Waals surface area contributed by atoms with Crippen LogP contribution in [0.3, 0.4) is 0 Å². The minimum atomic E-state index is -4.91. The first-order chi connectivity index (χ1) is 7.20. The van der Waals surface area contributed by atoms with E-state index >= 15 is 0 Å². The molecule has 0 unspecified atom stereocenters. The molecule has 0 aliphatic carbocycles. The van der Waals surface area contributed by atoms with Crippen molar-refractivity contribution in [2.24, 2.45) is 0 Å². The maximum atomic E-state index is 12.0. The summed E-state index contributed by atoms with van der Waals surface area (Å²) in [5.74, 6) is -0.700. The highest BCUT2D eigenvalue weighted by molar-refractivity contribution is 9.10. The molecule has 1 aromatic rings. The average Bonchev–Trinajstić information content (AvgIpc) is 2.07. The summed E-state index contributed by atoms with van der Waals surface area (Å²) in [7, 11) is 0. The van der Waals surface area contributed by atoms with E-state index in [-0.39, 0.29) is 10.2 Å². The van der Waals surface area contributed by atoms with Crippen LogP contribution in [0.5, 0.6) is 5.75 Å². The number of ether oxygens (including phenoxy) is 1. The number of carbonyl (C=O) groups excluding carboxylic acids is 1. The third-order valence-electron chi connectivity index (χ3n) is 1.54. The zero-order chi connectivity index (χ0) is 12.5. The van der Waals surface area contributed by atoms with Crippen molar-refractivity contribution in [2.75, 3.05) is 5.73 Å². The monoisotopic (exact) mass is 317 g/mol. The molecule has 0 saturated heterocycles. The summed E-state index contributed by atoms with van der Waals surface area (Å²) in [5.41, 5.74) is 5.03. The van der Waals surface area contributed by atoms with Crippen LogP contribution in [0.4, 0.5) is 18.9 Å². The molecule has 0 amide bonds. The van der Waals surface area contributed by atoms with Crippen LogP contribution in [0.1, 0.15) is 10.4 Å². The summed E-state index contributed by atoms with van der Waals surface area (Å²) >= 11 is 8.01. The molecule has 0 radical (unpaired) electrons. The SMILES string of the molecule is Nc1cc(C(=O)Cl)c(OC(F)(F)F)cc1Br. The number of halogens is 5. The first kappa shape index (κ1) is 13.1. The van der Waals surface area contributed by atoms with E-state index in [2.05, 4.69) is 20.7 Å². The standard InChI is InChI=1S/C8H4BrClF3NO2/c9-4-2-6(16-8(11,12)13)3(7(10)15)1-5(4)14/h1-2H,14H2. The lowest BCUT2D eigenvalue weighted by Gasteiger charge is -2.12. The van der Waals surface area contributed by atoms with Crippen LogP contribution in [0, 0.1) is 0 Å². The van der Waals surface area contributed by atoms with Gasteiger partial charge in [0.05, 0.1) is 5.56 Å². The molecule has 88 valence electrons. The van der Waals surface area contributed by atoms with E-state index in [4.69, 9.17) is 17.3 Å². The van der Waals surface area contributed by atoms with Crippen LogP contribution in [0.25, 0.3) is 0 Å². The second kappa shape index (κ2) is 4.50. The minimum Gasteiger partial charge on any atom is -0.405 e. The van der Waals surface area contributed by atoms with Gasteiger partial charge in [-0.2, -0.15) is 0 Å². The Morgan fingerprint density at radius 2 is 2.00 bits per heavy atom. The van der Waals surface area contributed by atoms with Crippen LogP contribution >= 0.6 is 27.5 Å². The Kier molecular flexibility index (Phi) is 3.69. The number of anilines is 1. The van der Waals surface area contributed by atoms with Crippen LogP contribution < -0.4 is 10.5 Å². The molecular formula is C8H4BrClF3NO2. The largest absolute Gasteiger partial charge is 0.573 e. The lowest BCUT2D eigenvalue weighted by Crippen LogP contribution is -2.18. The highest BCUT2D eigenvalue weighted by Crippen LogP contribution is 2.33. The quantitative estimate of drug-likeness (QED) is 0.672. The third kappa shape index (κ3) is 3.28. The highest BCUT2D eigenvalue weighted by Gasteiger charge is 2.33. The van der Waals surface area contributed by atoms with Crippen LogP contribution in [-0.2, 0) is 0 Å². The zero-order valence-electron chi connectivity index (χ0n) is 7.44. The molecule has 8 heteroatoms. The number of carbonyl (C=O) groups is 1. The van der Waals surface area contributed by atoms with Gasteiger partial charge in [-0.15, -0.1) is 13.2 Å². The van der Waals surface area contributed by atoms with Crippen molar-refractivity contribution in [2.45, 2.75) is 6.36 Å². The van der Waals surface area contributed by atoms with Crippen LogP contribution in [0.15, 0.2) is 16.6 Å². The Morgan fingerprint density at radius 1 is 1.44 bits per heavy atom. The molecule has 0 aliphatic heterocycles. The molecule has 0 heterocycles. The number of nitrogen functional groups attached to an aromatic ring is 1. The minimum absolute atomic E-state index is 0.0820. The number of alkyl halides is 3. The number of rotatable bonds is 2. The fourth-order valence-corrected chi connectivity index (χ4v) is 1.40. The van der Waals surface area contributed by atoms with Gasteiger partial charge in [-0.3, -0.25) is 4.79 Å². The normalized spacial score (nSPS) is 11.3. The molecule has 1 aromatic carbocycles. The van der Waals surface area contributed by atoms with Crippen LogP contribution in [-0.4, -0.2) is 11.6 Å². The molecule has 16 heavy (non-hydrogen) atoms. The van der Waals surface area contributed by atoms with Gasteiger partial charge >= 0.3 is 6.36 Å². The molecule has 0 spiro atoms. The fraction of sp³-hybridized carbons (Fsp3) is 0.125. The summed E-state index contributed by atoms with van der Waals surface area (Å²) in [6.07, 6.45) is -4.91. The number of hydrogen-bond donors (Lipinski definition) is 1. The Balaban J connectivity index is 3.25. The molecule has 3 nitrogen and oxygen atoms in total.